The number of carbonyl (C=O) groups excluding carboxylic acids is 1. The highest BCUT2D eigenvalue weighted by Crippen LogP contribution is 2.18. The molecule has 0 spiro atoms. The second-order valence-corrected chi connectivity index (χ2v) is 9.13. The predicted molar refractivity (Wildman–Crippen MR) is 148 cm³/mol. The lowest BCUT2D eigenvalue weighted by molar-refractivity contribution is -0.120. The molecule has 0 saturated carbocycles. The molecular formula is C29H37N5O3. The van der Waals surface area contributed by atoms with Crippen molar-refractivity contribution in [2.24, 2.45) is 0 Å². The molecule has 0 saturated heterocycles. The Morgan fingerprint density at radius 2 is 1.84 bits per heavy atom. The van der Waals surface area contributed by atoms with Crippen molar-refractivity contribution in [3.63, 3.8) is 0 Å². The van der Waals surface area contributed by atoms with E-state index in [0.717, 1.165) is 41.8 Å². The van der Waals surface area contributed by atoms with Crippen LogP contribution in [-0.2, 0) is 22.5 Å². The largest absolute Gasteiger partial charge is 0.480 e. The molecule has 0 radical (unpaired) electrons. The molecule has 196 valence electrons. The highest BCUT2D eigenvalue weighted by atomic mass is 16.5. The van der Waals surface area contributed by atoms with E-state index in [2.05, 4.69) is 27.2 Å². The van der Waals surface area contributed by atoms with Gasteiger partial charge in [-0.2, -0.15) is 5.10 Å². The van der Waals surface area contributed by atoms with Crippen LogP contribution < -0.4 is 16.2 Å². The van der Waals surface area contributed by atoms with E-state index >= 15 is 0 Å². The summed E-state index contributed by atoms with van der Waals surface area (Å²) in [7, 11) is 4.09. The fraction of sp³-hybridized carbons (Fsp3) is 0.345. The average Bonchev–Trinajstić information content (AvgIpc) is 2.85. The number of nitrogens with one attached hydrogen (secondary N) is 2. The van der Waals surface area contributed by atoms with Gasteiger partial charge < -0.3 is 20.3 Å². The molecule has 1 heterocycles. The number of anilines is 1. The van der Waals surface area contributed by atoms with Gasteiger partial charge in [0.25, 0.3) is 5.56 Å². The van der Waals surface area contributed by atoms with E-state index in [-0.39, 0.29) is 11.5 Å². The Kier molecular flexibility index (Phi) is 10.5. The second-order valence-electron chi connectivity index (χ2n) is 9.13. The van der Waals surface area contributed by atoms with Crippen molar-refractivity contribution >= 4 is 11.6 Å². The maximum atomic E-state index is 12.5. The molecule has 0 aliphatic rings. The second kappa shape index (κ2) is 14.0. The Morgan fingerprint density at radius 1 is 1.05 bits per heavy atom. The molecule has 8 heteroatoms. The number of nitrogens with zero attached hydrogens (tertiary/aromatic N) is 3. The summed E-state index contributed by atoms with van der Waals surface area (Å²) in [6.45, 7) is 8.27. The maximum absolute atomic E-state index is 12.5. The lowest BCUT2D eigenvalue weighted by Gasteiger charge is -2.12. The molecule has 3 aromatic rings. The van der Waals surface area contributed by atoms with Crippen LogP contribution in [0.15, 0.2) is 77.9 Å². The molecule has 0 unspecified atom stereocenters. The number of hydrogen-bond acceptors (Lipinski definition) is 6. The van der Waals surface area contributed by atoms with Crippen molar-refractivity contribution in [1.29, 1.82) is 0 Å². The molecule has 37 heavy (non-hydrogen) atoms. The van der Waals surface area contributed by atoms with Crippen molar-refractivity contribution < 1.29 is 9.53 Å². The van der Waals surface area contributed by atoms with Crippen LogP contribution >= 0.6 is 0 Å². The summed E-state index contributed by atoms with van der Waals surface area (Å²) in [5.41, 5.74) is 3.97. The standard InChI is InChI=1S/C29H37N5O3/c1-5-37-22(2)31-26-13-9-11-24(19-26)21-34-29(36)15-14-27(32-34)25-12-8-10-23(18-25)20-28(35)30-16-6-7-17-33(3)4/h8-15,18-19,31H,2,5-7,16-17,20-21H2,1,3-4H3,(H,30,35). The van der Waals surface area contributed by atoms with Crippen molar-refractivity contribution in [1.82, 2.24) is 20.0 Å². The number of carbonyl (C=O) groups is 1. The molecular weight excluding hydrogens is 466 g/mol. The molecule has 0 bridgehead atoms. The van der Waals surface area contributed by atoms with Gasteiger partial charge in [-0.1, -0.05) is 30.3 Å². The van der Waals surface area contributed by atoms with E-state index < -0.39 is 0 Å². The molecule has 1 amide bonds. The first-order valence-corrected chi connectivity index (χ1v) is 12.6. The Hall–Kier alpha value is -3.91. The van der Waals surface area contributed by atoms with Gasteiger partial charge in [-0.15, -0.1) is 0 Å². The van der Waals surface area contributed by atoms with E-state index in [4.69, 9.17) is 4.74 Å². The van der Waals surface area contributed by atoms with E-state index in [0.29, 0.717) is 37.7 Å². The summed E-state index contributed by atoms with van der Waals surface area (Å²) in [5, 5.41) is 10.7. The molecule has 8 nitrogen and oxygen atoms in total. The van der Waals surface area contributed by atoms with Crippen LogP contribution in [0.2, 0.25) is 0 Å². The Labute approximate surface area is 219 Å². The topological polar surface area (TPSA) is 88.5 Å². The van der Waals surface area contributed by atoms with Crippen LogP contribution in [0.3, 0.4) is 0 Å². The number of rotatable bonds is 14. The van der Waals surface area contributed by atoms with E-state index in [9.17, 15) is 9.59 Å². The fourth-order valence-corrected chi connectivity index (χ4v) is 3.88. The van der Waals surface area contributed by atoms with Crippen LogP contribution in [0, 0.1) is 0 Å². The minimum absolute atomic E-state index is 0.000409. The van der Waals surface area contributed by atoms with Crippen LogP contribution in [0.5, 0.6) is 0 Å². The van der Waals surface area contributed by atoms with Crippen molar-refractivity contribution in [2.75, 3.05) is 39.1 Å². The molecule has 3 rings (SSSR count). The number of hydrogen-bond donors (Lipinski definition) is 2. The lowest BCUT2D eigenvalue weighted by atomic mass is 10.1. The summed E-state index contributed by atoms with van der Waals surface area (Å²) in [4.78, 5) is 27.1. The highest BCUT2D eigenvalue weighted by molar-refractivity contribution is 5.79. The van der Waals surface area contributed by atoms with E-state index in [1.54, 1.807) is 6.07 Å². The van der Waals surface area contributed by atoms with Gasteiger partial charge in [0.1, 0.15) is 0 Å². The number of amides is 1. The van der Waals surface area contributed by atoms with Crippen molar-refractivity contribution in [3.8, 4) is 11.3 Å². The smallest absolute Gasteiger partial charge is 0.267 e. The van der Waals surface area contributed by atoms with Gasteiger partial charge >= 0.3 is 0 Å². The van der Waals surface area contributed by atoms with Gasteiger partial charge in [-0.05, 0) is 82.4 Å². The van der Waals surface area contributed by atoms with Crippen LogP contribution in [0.25, 0.3) is 11.3 Å². The monoisotopic (exact) mass is 503 g/mol. The van der Waals surface area contributed by atoms with E-state index in [1.807, 2.05) is 69.6 Å². The summed E-state index contributed by atoms with van der Waals surface area (Å²) in [6.07, 6.45) is 2.30. The zero-order valence-corrected chi connectivity index (χ0v) is 22.0. The highest BCUT2D eigenvalue weighted by Gasteiger charge is 2.08. The number of aromatic nitrogens is 2. The minimum Gasteiger partial charge on any atom is -0.480 e. The fourth-order valence-electron chi connectivity index (χ4n) is 3.88. The normalized spacial score (nSPS) is 10.8. The van der Waals surface area contributed by atoms with Gasteiger partial charge in [0.2, 0.25) is 5.91 Å². The zero-order chi connectivity index (χ0) is 26.6. The Balaban J connectivity index is 1.66. The van der Waals surface area contributed by atoms with Gasteiger partial charge in [0, 0.05) is 23.9 Å². The summed E-state index contributed by atoms with van der Waals surface area (Å²) < 4.78 is 6.80. The molecule has 2 aromatic carbocycles. The Bertz CT molecular complexity index is 1250. The van der Waals surface area contributed by atoms with Crippen LogP contribution in [0.4, 0.5) is 5.69 Å². The zero-order valence-electron chi connectivity index (χ0n) is 22.0. The van der Waals surface area contributed by atoms with Gasteiger partial charge in [-0.25, -0.2) is 4.68 Å². The first kappa shape index (κ1) is 27.7. The molecule has 0 atom stereocenters. The predicted octanol–water partition coefficient (Wildman–Crippen LogP) is 3.88. The summed E-state index contributed by atoms with van der Waals surface area (Å²) in [6, 6.07) is 18.7. The third-order valence-electron chi connectivity index (χ3n) is 5.67. The average molecular weight is 504 g/mol. The van der Waals surface area contributed by atoms with Gasteiger partial charge in [0.15, 0.2) is 5.88 Å². The first-order valence-electron chi connectivity index (χ1n) is 12.6. The minimum atomic E-state index is -0.189. The van der Waals surface area contributed by atoms with Crippen LogP contribution in [0.1, 0.15) is 30.9 Å². The quantitative estimate of drug-likeness (QED) is 0.256. The molecule has 2 N–H and O–H groups in total. The first-order chi connectivity index (χ1) is 17.8. The van der Waals surface area contributed by atoms with Gasteiger partial charge in [-0.3, -0.25) is 9.59 Å². The van der Waals surface area contributed by atoms with Crippen molar-refractivity contribution in [2.45, 2.75) is 32.7 Å². The van der Waals surface area contributed by atoms with Crippen molar-refractivity contribution in [3.05, 3.63) is 94.6 Å². The maximum Gasteiger partial charge on any atom is 0.267 e. The molecule has 0 aliphatic heterocycles. The molecule has 0 fully saturated rings. The number of ether oxygens (including phenoxy) is 1. The number of benzene rings is 2. The summed E-state index contributed by atoms with van der Waals surface area (Å²) in [5.74, 6) is 0.468. The molecule has 0 aliphatic carbocycles. The van der Waals surface area contributed by atoms with Crippen LogP contribution in [-0.4, -0.2) is 54.4 Å². The Morgan fingerprint density at radius 3 is 2.62 bits per heavy atom. The van der Waals surface area contributed by atoms with E-state index in [1.165, 1.54) is 10.7 Å². The molecule has 1 aromatic heterocycles. The SMILES string of the molecule is C=C(Nc1cccc(Cn2nc(-c3cccc(CC(=O)NCCCCN(C)C)c3)ccc2=O)c1)OCC. The third-order valence-corrected chi connectivity index (χ3v) is 5.67. The lowest BCUT2D eigenvalue weighted by Crippen LogP contribution is -2.26. The number of unbranched alkanes of at least 4 members (excludes halogenated alkanes) is 1. The summed E-state index contributed by atoms with van der Waals surface area (Å²) >= 11 is 0. The third kappa shape index (κ3) is 9.24. The van der Waals surface area contributed by atoms with Gasteiger partial charge in [0.05, 0.1) is 25.3 Å².